The molecule has 0 aromatic carbocycles. The summed E-state index contributed by atoms with van der Waals surface area (Å²) in [5.74, 6) is -3.29. The van der Waals surface area contributed by atoms with Crippen LogP contribution in [0.5, 0.6) is 0 Å². The first-order chi connectivity index (χ1) is 13.1. The van der Waals surface area contributed by atoms with Gasteiger partial charge in [0.25, 0.3) is 0 Å². The molecule has 4 fully saturated rings. The number of cyclic esters (lactones) is 1. The highest BCUT2D eigenvalue weighted by molar-refractivity contribution is 6.15. The topological polar surface area (TPSA) is 107 Å². The van der Waals surface area contributed by atoms with Crippen molar-refractivity contribution < 1.29 is 33.8 Å². The van der Waals surface area contributed by atoms with Crippen molar-refractivity contribution in [2.75, 3.05) is 6.61 Å². The maximum atomic E-state index is 13.2. The summed E-state index contributed by atoms with van der Waals surface area (Å²) >= 11 is 0. The van der Waals surface area contributed by atoms with Crippen molar-refractivity contribution in [2.24, 2.45) is 28.6 Å². The van der Waals surface area contributed by atoms with Crippen molar-refractivity contribution in [3.63, 3.8) is 0 Å². The van der Waals surface area contributed by atoms with Gasteiger partial charge in [-0.3, -0.25) is 14.4 Å². The van der Waals surface area contributed by atoms with Crippen LogP contribution in [0.1, 0.15) is 46.0 Å². The lowest BCUT2D eigenvalue weighted by Crippen LogP contribution is -2.68. The van der Waals surface area contributed by atoms with Gasteiger partial charge >= 0.3 is 11.9 Å². The number of aliphatic hydroxyl groups is 1. The summed E-state index contributed by atoms with van der Waals surface area (Å²) in [6.45, 7) is 6.80. The second-order valence-electron chi connectivity index (χ2n) is 9.19. The monoisotopic (exact) mass is 390 g/mol. The Kier molecular flexibility index (Phi) is 4.13. The number of carbonyl (C=O) groups excluding carboxylic acids is 4. The molecule has 4 rings (SSSR count). The Morgan fingerprint density at radius 2 is 2.07 bits per heavy atom. The standard InChI is InChI=1S/C21H26O7/c1-11-13-7-14(24)16-20(10-27-18(26)21(16,8-13)17(11)25)6-4-5-19(3,15(20)9-22)28-12(2)23/h9,13-16,24H,1,4-8,10H2,2-3H3. The number of hydrogen-bond acceptors (Lipinski definition) is 7. The molecule has 0 aromatic rings. The first-order valence-electron chi connectivity index (χ1n) is 9.86. The predicted octanol–water partition coefficient (Wildman–Crippen LogP) is 1.36. The number of carbonyl (C=O) groups is 4. The van der Waals surface area contributed by atoms with Gasteiger partial charge in [0.05, 0.1) is 18.6 Å². The fourth-order valence-electron chi connectivity index (χ4n) is 6.84. The summed E-state index contributed by atoms with van der Waals surface area (Å²) < 4.78 is 11.1. The average molecular weight is 390 g/mol. The van der Waals surface area contributed by atoms with Gasteiger partial charge < -0.3 is 19.4 Å². The van der Waals surface area contributed by atoms with Crippen LogP contribution in [0.25, 0.3) is 0 Å². The highest BCUT2D eigenvalue weighted by Gasteiger charge is 2.74. The van der Waals surface area contributed by atoms with E-state index in [1.807, 2.05) is 0 Å². The van der Waals surface area contributed by atoms with Crippen molar-refractivity contribution in [2.45, 2.75) is 57.7 Å². The molecule has 2 bridgehead atoms. The largest absolute Gasteiger partial charge is 0.464 e. The normalized spacial score (nSPS) is 47.5. The van der Waals surface area contributed by atoms with E-state index in [0.717, 1.165) is 6.29 Å². The van der Waals surface area contributed by atoms with Crippen LogP contribution >= 0.6 is 0 Å². The van der Waals surface area contributed by atoms with Crippen LogP contribution in [0.3, 0.4) is 0 Å². The number of ketones is 1. The first kappa shape index (κ1) is 19.3. The van der Waals surface area contributed by atoms with Crippen molar-refractivity contribution in [1.82, 2.24) is 0 Å². The maximum absolute atomic E-state index is 13.2. The lowest BCUT2D eigenvalue weighted by molar-refractivity contribution is -0.238. The number of aliphatic hydroxyl groups excluding tert-OH is 1. The van der Waals surface area contributed by atoms with E-state index < -0.39 is 46.3 Å². The van der Waals surface area contributed by atoms with Gasteiger partial charge in [-0.15, -0.1) is 0 Å². The van der Waals surface area contributed by atoms with Crippen LogP contribution in [-0.4, -0.2) is 47.4 Å². The molecule has 7 atom stereocenters. The Morgan fingerprint density at radius 1 is 1.36 bits per heavy atom. The predicted molar refractivity (Wildman–Crippen MR) is 95.8 cm³/mol. The molecule has 7 unspecified atom stereocenters. The maximum Gasteiger partial charge on any atom is 0.320 e. The molecule has 1 saturated heterocycles. The molecular weight excluding hydrogens is 364 g/mol. The zero-order valence-corrected chi connectivity index (χ0v) is 16.2. The molecule has 2 spiro atoms. The van der Waals surface area contributed by atoms with E-state index in [-0.39, 0.29) is 24.7 Å². The van der Waals surface area contributed by atoms with E-state index in [9.17, 15) is 24.3 Å². The highest BCUT2D eigenvalue weighted by Crippen LogP contribution is 2.66. The summed E-state index contributed by atoms with van der Waals surface area (Å²) in [4.78, 5) is 50.1. The number of allylic oxidation sites excluding steroid dienone is 1. The van der Waals surface area contributed by atoms with Gasteiger partial charge in [0.2, 0.25) is 0 Å². The Labute approximate surface area is 163 Å². The minimum absolute atomic E-state index is 0.0695. The minimum atomic E-state index is -1.49. The molecule has 152 valence electrons. The molecule has 28 heavy (non-hydrogen) atoms. The highest BCUT2D eigenvalue weighted by atomic mass is 16.6. The number of esters is 2. The van der Waals surface area contributed by atoms with Gasteiger partial charge in [0.15, 0.2) is 5.78 Å². The van der Waals surface area contributed by atoms with E-state index >= 15 is 0 Å². The first-order valence-corrected chi connectivity index (χ1v) is 9.86. The SMILES string of the molecule is C=C1C(=O)C23CC1CC(O)C2C1(CCCC(C)(OC(C)=O)C1C=O)COC3=O. The smallest absolute Gasteiger partial charge is 0.320 e. The van der Waals surface area contributed by atoms with E-state index in [1.54, 1.807) is 6.92 Å². The second kappa shape index (κ2) is 5.99. The van der Waals surface area contributed by atoms with Crippen molar-refractivity contribution in [1.29, 1.82) is 0 Å². The van der Waals surface area contributed by atoms with Crippen LogP contribution in [0, 0.1) is 28.6 Å². The van der Waals surface area contributed by atoms with Gasteiger partial charge in [-0.2, -0.15) is 0 Å². The quantitative estimate of drug-likeness (QED) is 0.328. The number of ether oxygens (including phenoxy) is 2. The van der Waals surface area contributed by atoms with E-state index in [4.69, 9.17) is 9.47 Å². The third kappa shape index (κ3) is 2.19. The Hall–Kier alpha value is -2.02. The zero-order chi connectivity index (χ0) is 20.5. The molecule has 0 aromatic heterocycles. The van der Waals surface area contributed by atoms with E-state index in [0.29, 0.717) is 31.3 Å². The van der Waals surface area contributed by atoms with Gasteiger partial charge in [0.1, 0.15) is 17.3 Å². The molecule has 4 aliphatic rings. The van der Waals surface area contributed by atoms with Crippen LogP contribution in [0.2, 0.25) is 0 Å². The molecule has 3 aliphatic carbocycles. The lowest BCUT2D eigenvalue weighted by atomic mass is 9.46. The molecule has 0 amide bonds. The number of fused-ring (bicyclic) bond motifs is 2. The molecule has 1 aliphatic heterocycles. The number of hydrogen-bond donors (Lipinski definition) is 1. The molecule has 7 heteroatoms. The summed E-state index contributed by atoms with van der Waals surface area (Å²) in [7, 11) is 0. The number of rotatable bonds is 2. The molecular formula is C21H26O7. The zero-order valence-electron chi connectivity index (χ0n) is 16.2. The number of Topliss-reactive ketones (excluding diaryl/α,β-unsaturated/α-hetero) is 1. The lowest BCUT2D eigenvalue weighted by Gasteiger charge is -2.60. The second-order valence-corrected chi connectivity index (χ2v) is 9.19. The van der Waals surface area contributed by atoms with Gasteiger partial charge in [-0.05, 0) is 50.5 Å². The molecule has 0 radical (unpaired) electrons. The van der Waals surface area contributed by atoms with Gasteiger partial charge in [0, 0.05) is 18.3 Å². The van der Waals surface area contributed by atoms with Crippen LogP contribution < -0.4 is 0 Å². The van der Waals surface area contributed by atoms with Crippen LogP contribution in [-0.2, 0) is 28.7 Å². The fourth-order valence-corrected chi connectivity index (χ4v) is 6.84. The van der Waals surface area contributed by atoms with Crippen molar-refractivity contribution >= 4 is 24.0 Å². The summed E-state index contributed by atoms with van der Waals surface area (Å²) in [6.07, 6.45) is 2.05. The average Bonchev–Trinajstić information content (AvgIpc) is 2.80. The van der Waals surface area contributed by atoms with Crippen LogP contribution in [0.15, 0.2) is 12.2 Å². The third-order valence-corrected chi connectivity index (χ3v) is 7.76. The minimum Gasteiger partial charge on any atom is -0.464 e. The third-order valence-electron chi connectivity index (χ3n) is 7.76. The molecule has 3 saturated carbocycles. The fraction of sp³-hybridized carbons (Fsp3) is 0.714. The van der Waals surface area contributed by atoms with E-state index in [1.165, 1.54) is 6.92 Å². The summed E-state index contributed by atoms with van der Waals surface area (Å²) in [5, 5.41) is 11.1. The summed E-state index contributed by atoms with van der Waals surface area (Å²) in [6, 6.07) is 0. The summed E-state index contributed by atoms with van der Waals surface area (Å²) in [5.41, 5.74) is -3.17. The Morgan fingerprint density at radius 3 is 2.71 bits per heavy atom. The number of aldehydes is 1. The molecule has 1 N–H and O–H groups in total. The van der Waals surface area contributed by atoms with Crippen molar-refractivity contribution in [3.8, 4) is 0 Å². The van der Waals surface area contributed by atoms with Gasteiger partial charge in [-0.25, -0.2) is 0 Å². The Balaban J connectivity index is 1.88. The van der Waals surface area contributed by atoms with Gasteiger partial charge in [-0.1, -0.05) is 6.58 Å². The van der Waals surface area contributed by atoms with Crippen molar-refractivity contribution in [3.05, 3.63) is 12.2 Å². The molecule has 7 nitrogen and oxygen atoms in total. The molecule has 1 heterocycles. The Bertz CT molecular complexity index is 788. The van der Waals surface area contributed by atoms with E-state index in [2.05, 4.69) is 6.58 Å². The van der Waals surface area contributed by atoms with Crippen LogP contribution in [0.4, 0.5) is 0 Å².